The van der Waals surface area contributed by atoms with E-state index in [-0.39, 0.29) is 0 Å². The van der Waals surface area contributed by atoms with E-state index in [1.165, 1.54) is 16.8 Å². The van der Waals surface area contributed by atoms with Crippen LogP contribution in [-0.4, -0.2) is 30.6 Å². The monoisotopic (exact) mass is 268 g/mol. The van der Waals surface area contributed by atoms with E-state index in [0.29, 0.717) is 0 Å². The zero-order valence-corrected chi connectivity index (χ0v) is 12.3. The van der Waals surface area contributed by atoms with Gasteiger partial charge in [-0.3, -0.25) is 0 Å². The van der Waals surface area contributed by atoms with Crippen LogP contribution in [0.4, 0.5) is 17.3 Å². The minimum atomic E-state index is 0.939. The normalized spacial score (nSPS) is 14.1. The van der Waals surface area contributed by atoms with Crippen molar-refractivity contribution < 1.29 is 0 Å². The predicted octanol–water partition coefficient (Wildman–Crippen LogP) is 2.94. The number of hydrogen-bond donors (Lipinski definition) is 0. The average Bonchev–Trinajstić information content (AvgIpc) is 2.46. The first-order chi connectivity index (χ1) is 9.65. The van der Waals surface area contributed by atoms with Gasteiger partial charge in [0.15, 0.2) is 0 Å². The highest BCUT2D eigenvalue weighted by Crippen LogP contribution is 2.33. The van der Waals surface area contributed by atoms with Gasteiger partial charge in [-0.15, -0.1) is 0 Å². The second-order valence-corrected chi connectivity index (χ2v) is 5.52. The summed E-state index contributed by atoms with van der Waals surface area (Å²) in [5.74, 6) is 1.92. The Balaban J connectivity index is 2.02. The van der Waals surface area contributed by atoms with Crippen LogP contribution in [0, 0.1) is 6.92 Å². The Morgan fingerprint density at radius 3 is 2.80 bits per heavy atom. The molecule has 0 saturated carbocycles. The van der Waals surface area contributed by atoms with Crippen molar-refractivity contribution in [2.24, 2.45) is 0 Å². The summed E-state index contributed by atoms with van der Waals surface area (Å²) in [4.78, 5) is 13.1. The summed E-state index contributed by atoms with van der Waals surface area (Å²) in [5.41, 5.74) is 4.02. The maximum absolute atomic E-state index is 4.45. The highest BCUT2D eigenvalue weighted by Gasteiger charge is 2.19. The van der Waals surface area contributed by atoms with E-state index < -0.39 is 0 Å². The van der Waals surface area contributed by atoms with Crippen LogP contribution in [0.3, 0.4) is 0 Å². The number of anilines is 3. The molecule has 0 amide bonds. The fourth-order valence-corrected chi connectivity index (χ4v) is 2.69. The lowest BCUT2D eigenvalue weighted by Crippen LogP contribution is -2.26. The van der Waals surface area contributed by atoms with Crippen molar-refractivity contribution >= 4 is 17.3 Å². The van der Waals surface area contributed by atoms with Crippen molar-refractivity contribution in [1.82, 2.24) is 9.97 Å². The largest absolute Gasteiger partial charge is 0.363 e. The van der Waals surface area contributed by atoms with E-state index in [2.05, 4.69) is 46.1 Å². The molecule has 1 aromatic heterocycles. The summed E-state index contributed by atoms with van der Waals surface area (Å²) >= 11 is 0. The summed E-state index contributed by atoms with van der Waals surface area (Å²) in [6.45, 7) is 3.16. The molecule has 0 bridgehead atoms. The number of aromatic nitrogens is 2. The van der Waals surface area contributed by atoms with E-state index in [4.69, 9.17) is 0 Å². The van der Waals surface area contributed by atoms with Crippen molar-refractivity contribution in [2.75, 3.05) is 30.4 Å². The molecule has 4 heteroatoms. The standard InChI is InChI=1S/C16H20N4/c1-12-6-7-14-13(9-12)5-4-8-20(14)16-10-15(19(2)3)17-11-18-16/h6-7,9-11H,4-5,8H2,1-3H3. The van der Waals surface area contributed by atoms with Crippen LogP contribution in [0.2, 0.25) is 0 Å². The molecule has 3 rings (SSSR count). The maximum Gasteiger partial charge on any atom is 0.138 e. The third kappa shape index (κ3) is 2.33. The van der Waals surface area contributed by atoms with Crippen LogP contribution in [0.1, 0.15) is 17.5 Å². The molecule has 0 N–H and O–H groups in total. The first-order valence-corrected chi connectivity index (χ1v) is 7.01. The van der Waals surface area contributed by atoms with Crippen LogP contribution in [0.25, 0.3) is 0 Å². The summed E-state index contributed by atoms with van der Waals surface area (Å²) in [6.07, 6.45) is 3.96. The van der Waals surface area contributed by atoms with Crippen LogP contribution in [0.15, 0.2) is 30.6 Å². The van der Waals surface area contributed by atoms with Crippen LogP contribution in [-0.2, 0) is 6.42 Å². The van der Waals surface area contributed by atoms with Gasteiger partial charge in [0.2, 0.25) is 0 Å². The smallest absolute Gasteiger partial charge is 0.138 e. The Labute approximate surface area is 120 Å². The fourth-order valence-electron chi connectivity index (χ4n) is 2.69. The highest BCUT2D eigenvalue weighted by molar-refractivity contribution is 5.67. The average molecular weight is 268 g/mol. The quantitative estimate of drug-likeness (QED) is 0.838. The number of rotatable bonds is 2. The predicted molar refractivity (Wildman–Crippen MR) is 82.9 cm³/mol. The molecule has 0 saturated heterocycles. The summed E-state index contributed by atoms with van der Waals surface area (Å²) < 4.78 is 0. The van der Waals surface area contributed by atoms with Gasteiger partial charge in [-0.25, -0.2) is 9.97 Å². The van der Waals surface area contributed by atoms with Gasteiger partial charge >= 0.3 is 0 Å². The molecular formula is C16H20N4. The Kier molecular flexibility index (Phi) is 3.30. The number of benzene rings is 1. The molecule has 4 nitrogen and oxygen atoms in total. The van der Waals surface area contributed by atoms with Crippen molar-refractivity contribution in [2.45, 2.75) is 19.8 Å². The molecular weight excluding hydrogens is 248 g/mol. The molecule has 0 aliphatic carbocycles. The maximum atomic E-state index is 4.45. The first kappa shape index (κ1) is 12.9. The van der Waals surface area contributed by atoms with Crippen molar-refractivity contribution in [3.05, 3.63) is 41.7 Å². The van der Waals surface area contributed by atoms with Crippen LogP contribution < -0.4 is 9.80 Å². The Morgan fingerprint density at radius 1 is 1.15 bits per heavy atom. The van der Waals surface area contributed by atoms with E-state index in [0.717, 1.165) is 31.0 Å². The molecule has 0 fully saturated rings. The van der Waals surface area contributed by atoms with Gasteiger partial charge in [0.25, 0.3) is 0 Å². The molecule has 1 aromatic carbocycles. The first-order valence-electron chi connectivity index (χ1n) is 7.01. The van der Waals surface area contributed by atoms with E-state index in [9.17, 15) is 0 Å². The molecule has 20 heavy (non-hydrogen) atoms. The second kappa shape index (κ2) is 5.12. The van der Waals surface area contributed by atoms with Gasteiger partial charge in [0.1, 0.15) is 18.0 Å². The summed E-state index contributed by atoms with van der Waals surface area (Å²) in [6, 6.07) is 8.72. The molecule has 0 radical (unpaired) electrons. The molecule has 2 heterocycles. The Bertz CT molecular complexity index is 622. The number of fused-ring (bicyclic) bond motifs is 1. The zero-order valence-electron chi connectivity index (χ0n) is 12.3. The van der Waals surface area contributed by atoms with Crippen molar-refractivity contribution in [3.8, 4) is 0 Å². The van der Waals surface area contributed by atoms with Gasteiger partial charge in [-0.2, -0.15) is 0 Å². The third-order valence-electron chi connectivity index (χ3n) is 3.73. The summed E-state index contributed by atoms with van der Waals surface area (Å²) in [7, 11) is 4.00. The summed E-state index contributed by atoms with van der Waals surface area (Å²) in [5, 5.41) is 0. The number of hydrogen-bond acceptors (Lipinski definition) is 4. The van der Waals surface area contributed by atoms with Crippen molar-refractivity contribution in [1.29, 1.82) is 0 Å². The minimum Gasteiger partial charge on any atom is -0.363 e. The van der Waals surface area contributed by atoms with Gasteiger partial charge in [-0.05, 0) is 31.4 Å². The third-order valence-corrected chi connectivity index (χ3v) is 3.73. The Hall–Kier alpha value is -2.10. The molecule has 1 aliphatic heterocycles. The highest BCUT2D eigenvalue weighted by atomic mass is 15.2. The van der Waals surface area contributed by atoms with Gasteiger partial charge in [0.05, 0.1) is 0 Å². The SMILES string of the molecule is Cc1ccc2c(c1)CCCN2c1cc(N(C)C)ncn1. The molecule has 0 unspecified atom stereocenters. The molecule has 0 spiro atoms. The lowest BCUT2D eigenvalue weighted by Gasteiger charge is -2.31. The van der Waals surface area contributed by atoms with Gasteiger partial charge in [-0.1, -0.05) is 17.7 Å². The lowest BCUT2D eigenvalue weighted by atomic mass is 9.99. The lowest BCUT2D eigenvalue weighted by molar-refractivity contribution is 0.757. The molecule has 0 atom stereocenters. The van der Waals surface area contributed by atoms with E-state index in [1.807, 2.05) is 19.0 Å². The molecule has 1 aliphatic rings. The van der Waals surface area contributed by atoms with Crippen molar-refractivity contribution in [3.63, 3.8) is 0 Å². The van der Waals surface area contributed by atoms with E-state index in [1.54, 1.807) is 6.33 Å². The topological polar surface area (TPSA) is 32.3 Å². The van der Waals surface area contributed by atoms with Crippen LogP contribution in [0.5, 0.6) is 0 Å². The van der Waals surface area contributed by atoms with Gasteiger partial charge < -0.3 is 9.80 Å². The molecule has 104 valence electrons. The molecule has 2 aromatic rings. The Morgan fingerprint density at radius 2 is 2.00 bits per heavy atom. The fraction of sp³-hybridized carbons (Fsp3) is 0.375. The van der Waals surface area contributed by atoms with Crippen LogP contribution >= 0.6 is 0 Å². The zero-order chi connectivity index (χ0) is 14.1. The van der Waals surface area contributed by atoms with E-state index >= 15 is 0 Å². The number of nitrogens with zero attached hydrogens (tertiary/aromatic N) is 4. The minimum absolute atomic E-state index is 0.939. The number of aryl methyl sites for hydroxylation is 2. The second-order valence-electron chi connectivity index (χ2n) is 5.52. The van der Waals surface area contributed by atoms with Gasteiger partial charge in [0, 0.05) is 32.4 Å².